The normalized spacial score (nSPS) is 10.6. The molecule has 2 aromatic rings. The van der Waals surface area contributed by atoms with E-state index in [1.807, 2.05) is 13.8 Å². The molecule has 7 heteroatoms. The molecule has 2 heterocycles. The van der Waals surface area contributed by atoms with Crippen LogP contribution in [0.4, 0.5) is 0 Å². The standard InChI is InChI=1S/C8H7ClN4S2/c1-4-5(2)7(13-12-6(4)9)14-8-10-3-11-15-8/h3H,1-2H3. The summed E-state index contributed by atoms with van der Waals surface area (Å²) in [6.45, 7) is 3.90. The fourth-order valence-electron chi connectivity index (χ4n) is 0.942. The summed E-state index contributed by atoms with van der Waals surface area (Å²) < 4.78 is 4.78. The van der Waals surface area contributed by atoms with E-state index in [0.29, 0.717) is 5.15 Å². The highest BCUT2D eigenvalue weighted by Gasteiger charge is 2.10. The number of nitrogens with zero attached hydrogens (tertiary/aromatic N) is 4. The van der Waals surface area contributed by atoms with Gasteiger partial charge in [0.2, 0.25) is 0 Å². The summed E-state index contributed by atoms with van der Waals surface area (Å²) in [5.41, 5.74) is 1.99. The molecule has 0 saturated heterocycles. The largest absolute Gasteiger partial charge is 0.216 e. The third kappa shape index (κ3) is 2.27. The SMILES string of the molecule is Cc1c(Cl)nnc(Sc2ncns2)c1C. The Balaban J connectivity index is 2.34. The van der Waals surface area contributed by atoms with E-state index in [9.17, 15) is 0 Å². The molecule has 0 fully saturated rings. The van der Waals surface area contributed by atoms with Crippen LogP contribution < -0.4 is 0 Å². The van der Waals surface area contributed by atoms with Gasteiger partial charge in [-0.1, -0.05) is 11.6 Å². The third-order valence-electron chi connectivity index (χ3n) is 1.95. The Kier molecular flexibility index (Phi) is 3.18. The molecule has 0 aliphatic rings. The second-order valence-electron chi connectivity index (χ2n) is 2.86. The molecule has 0 spiro atoms. The van der Waals surface area contributed by atoms with Gasteiger partial charge in [-0.15, -0.1) is 10.2 Å². The van der Waals surface area contributed by atoms with Gasteiger partial charge in [0.15, 0.2) is 9.49 Å². The summed E-state index contributed by atoms with van der Waals surface area (Å²) >= 11 is 8.65. The van der Waals surface area contributed by atoms with Crippen molar-refractivity contribution in [2.24, 2.45) is 0 Å². The van der Waals surface area contributed by atoms with Crippen molar-refractivity contribution < 1.29 is 0 Å². The topological polar surface area (TPSA) is 51.6 Å². The molecule has 4 nitrogen and oxygen atoms in total. The minimum absolute atomic E-state index is 0.453. The number of aromatic nitrogens is 4. The average Bonchev–Trinajstić information content (AvgIpc) is 2.72. The Morgan fingerprint density at radius 2 is 2.07 bits per heavy atom. The van der Waals surface area contributed by atoms with Gasteiger partial charge < -0.3 is 0 Å². The van der Waals surface area contributed by atoms with E-state index in [-0.39, 0.29) is 0 Å². The van der Waals surface area contributed by atoms with Gasteiger partial charge in [0.05, 0.1) is 0 Å². The zero-order valence-corrected chi connectivity index (χ0v) is 10.4. The molecule has 78 valence electrons. The minimum Gasteiger partial charge on any atom is -0.216 e. The Morgan fingerprint density at radius 3 is 2.73 bits per heavy atom. The summed E-state index contributed by atoms with van der Waals surface area (Å²) in [4.78, 5) is 4.07. The Bertz CT molecular complexity index is 472. The molecule has 0 aliphatic carbocycles. The lowest BCUT2D eigenvalue weighted by molar-refractivity contribution is 0.891. The van der Waals surface area contributed by atoms with E-state index in [4.69, 9.17) is 11.6 Å². The summed E-state index contributed by atoms with van der Waals surface area (Å²) in [6, 6.07) is 0. The Hall–Kier alpha value is -0.720. The van der Waals surface area contributed by atoms with Gasteiger partial charge in [-0.3, -0.25) is 0 Å². The Labute approximate surface area is 100 Å². The monoisotopic (exact) mass is 258 g/mol. The smallest absolute Gasteiger partial charge is 0.176 e. The van der Waals surface area contributed by atoms with Crippen LogP contribution >= 0.6 is 34.9 Å². The fourth-order valence-corrected chi connectivity index (χ4v) is 2.57. The predicted octanol–water partition coefficient (Wildman–Crippen LogP) is 2.75. The summed E-state index contributed by atoms with van der Waals surface area (Å²) in [6.07, 6.45) is 1.53. The number of halogens is 1. The zero-order chi connectivity index (χ0) is 10.8. The van der Waals surface area contributed by atoms with Crippen molar-refractivity contribution in [1.29, 1.82) is 0 Å². The van der Waals surface area contributed by atoms with E-state index in [0.717, 1.165) is 20.5 Å². The number of hydrogen-bond acceptors (Lipinski definition) is 6. The van der Waals surface area contributed by atoms with E-state index in [2.05, 4.69) is 19.6 Å². The van der Waals surface area contributed by atoms with Crippen LogP contribution in [0.15, 0.2) is 15.7 Å². The van der Waals surface area contributed by atoms with Crippen LogP contribution in [0.3, 0.4) is 0 Å². The summed E-state index contributed by atoms with van der Waals surface area (Å²) in [7, 11) is 0. The van der Waals surface area contributed by atoms with Crippen LogP contribution in [-0.2, 0) is 0 Å². The molecule has 15 heavy (non-hydrogen) atoms. The highest BCUT2D eigenvalue weighted by atomic mass is 35.5. The van der Waals surface area contributed by atoms with Gasteiger partial charge in [-0.2, -0.15) is 4.37 Å². The van der Waals surface area contributed by atoms with E-state index >= 15 is 0 Å². The van der Waals surface area contributed by atoms with Gasteiger partial charge in [-0.05, 0) is 48.3 Å². The highest BCUT2D eigenvalue weighted by Crippen LogP contribution is 2.31. The van der Waals surface area contributed by atoms with Crippen LogP contribution in [0.5, 0.6) is 0 Å². The van der Waals surface area contributed by atoms with Crippen molar-refractivity contribution in [1.82, 2.24) is 19.6 Å². The molecule has 0 amide bonds. The van der Waals surface area contributed by atoms with Gasteiger partial charge >= 0.3 is 0 Å². The molecule has 2 rings (SSSR count). The first-order valence-corrected chi connectivity index (χ1v) is 6.09. The van der Waals surface area contributed by atoms with Crippen LogP contribution in [0.1, 0.15) is 11.1 Å². The van der Waals surface area contributed by atoms with Gasteiger partial charge in [0, 0.05) is 0 Å². The first-order valence-electron chi connectivity index (χ1n) is 4.12. The molecule has 0 unspecified atom stereocenters. The number of hydrogen-bond donors (Lipinski definition) is 0. The first-order chi connectivity index (χ1) is 7.18. The van der Waals surface area contributed by atoms with Gasteiger partial charge in [0.1, 0.15) is 11.4 Å². The molecule has 0 atom stereocenters. The molecule has 0 aromatic carbocycles. The van der Waals surface area contributed by atoms with E-state index in [1.54, 1.807) is 0 Å². The summed E-state index contributed by atoms with van der Waals surface area (Å²) in [5, 5.41) is 9.18. The average molecular weight is 259 g/mol. The molecule has 0 bridgehead atoms. The predicted molar refractivity (Wildman–Crippen MR) is 60.5 cm³/mol. The molecule has 0 radical (unpaired) electrons. The van der Waals surface area contributed by atoms with Crippen molar-refractivity contribution in [2.45, 2.75) is 23.2 Å². The molecular formula is C8H7ClN4S2. The lowest BCUT2D eigenvalue weighted by Gasteiger charge is -2.04. The van der Waals surface area contributed by atoms with E-state index < -0.39 is 0 Å². The molecule has 0 N–H and O–H groups in total. The summed E-state index contributed by atoms with van der Waals surface area (Å²) in [5.74, 6) is 0. The van der Waals surface area contributed by atoms with Crippen molar-refractivity contribution in [2.75, 3.05) is 0 Å². The maximum atomic E-state index is 5.86. The Morgan fingerprint density at radius 1 is 1.27 bits per heavy atom. The quantitative estimate of drug-likeness (QED) is 0.829. The van der Waals surface area contributed by atoms with E-state index in [1.165, 1.54) is 29.6 Å². The van der Waals surface area contributed by atoms with Gasteiger partial charge in [0.25, 0.3) is 0 Å². The molecule has 0 aliphatic heterocycles. The van der Waals surface area contributed by atoms with Crippen LogP contribution in [0, 0.1) is 13.8 Å². The molecule has 2 aromatic heterocycles. The second kappa shape index (κ2) is 4.42. The maximum absolute atomic E-state index is 5.86. The van der Waals surface area contributed by atoms with Crippen LogP contribution in [0.25, 0.3) is 0 Å². The van der Waals surface area contributed by atoms with Crippen LogP contribution in [-0.4, -0.2) is 19.6 Å². The lowest BCUT2D eigenvalue weighted by atomic mass is 10.2. The third-order valence-corrected chi connectivity index (χ3v) is 4.10. The number of rotatable bonds is 2. The second-order valence-corrected chi connectivity index (χ2v) is 5.23. The fraction of sp³-hybridized carbons (Fsp3) is 0.250. The minimum atomic E-state index is 0.453. The van der Waals surface area contributed by atoms with Crippen molar-refractivity contribution in [3.05, 3.63) is 22.6 Å². The molecule has 0 saturated carbocycles. The van der Waals surface area contributed by atoms with Crippen molar-refractivity contribution in [3.63, 3.8) is 0 Å². The van der Waals surface area contributed by atoms with Gasteiger partial charge in [-0.25, -0.2) is 4.98 Å². The molecular weight excluding hydrogens is 252 g/mol. The highest BCUT2D eigenvalue weighted by molar-refractivity contribution is 8.00. The zero-order valence-electron chi connectivity index (χ0n) is 8.06. The maximum Gasteiger partial charge on any atom is 0.176 e. The van der Waals surface area contributed by atoms with Crippen molar-refractivity contribution in [3.8, 4) is 0 Å². The van der Waals surface area contributed by atoms with Crippen molar-refractivity contribution >= 4 is 34.9 Å². The first kappa shape index (κ1) is 10.8. The lowest BCUT2D eigenvalue weighted by Crippen LogP contribution is -1.94. The van der Waals surface area contributed by atoms with Crippen LogP contribution in [0.2, 0.25) is 5.15 Å².